The second-order valence-corrected chi connectivity index (χ2v) is 7.58. The van der Waals surface area contributed by atoms with E-state index in [2.05, 4.69) is 30.4 Å². The molecular formula is C22H13ClF3N7O. The van der Waals surface area contributed by atoms with Crippen LogP contribution in [-0.2, 0) is 6.18 Å². The van der Waals surface area contributed by atoms with E-state index in [4.69, 9.17) is 11.6 Å². The molecule has 0 atom stereocenters. The van der Waals surface area contributed by atoms with Crippen LogP contribution in [0.15, 0.2) is 65.0 Å². The minimum absolute atomic E-state index is 0.115. The smallest absolute Gasteiger partial charge is 0.320 e. The highest BCUT2D eigenvalue weighted by Gasteiger charge is 2.41. The van der Waals surface area contributed by atoms with Crippen molar-refractivity contribution in [1.82, 2.24) is 19.7 Å². The zero-order valence-corrected chi connectivity index (χ0v) is 17.8. The van der Waals surface area contributed by atoms with Crippen molar-refractivity contribution >= 4 is 46.0 Å². The summed E-state index contributed by atoms with van der Waals surface area (Å²) in [6, 6.07) is 9.34. The van der Waals surface area contributed by atoms with Gasteiger partial charge in [0, 0.05) is 11.6 Å². The number of nitrogens with one attached hydrogen (secondary N) is 1. The van der Waals surface area contributed by atoms with Gasteiger partial charge >= 0.3 is 6.18 Å². The van der Waals surface area contributed by atoms with Gasteiger partial charge in [-0.2, -0.15) is 18.3 Å². The van der Waals surface area contributed by atoms with E-state index in [-0.39, 0.29) is 23.1 Å². The summed E-state index contributed by atoms with van der Waals surface area (Å²) in [4.78, 5) is 29.2. The van der Waals surface area contributed by atoms with Crippen molar-refractivity contribution in [2.45, 2.75) is 6.18 Å². The van der Waals surface area contributed by atoms with E-state index in [1.165, 1.54) is 30.7 Å². The van der Waals surface area contributed by atoms with Crippen molar-refractivity contribution in [2.75, 3.05) is 12.0 Å². The first-order valence-electron chi connectivity index (χ1n) is 9.84. The summed E-state index contributed by atoms with van der Waals surface area (Å²) < 4.78 is 43.0. The lowest BCUT2D eigenvalue weighted by Crippen LogP contribution is -2.21. The highest BCUT2D eigenvalue weighted by molar-refractivity contribution is 6.44. The van der Waals surface area contributed by atoms with Crippen LogP contribution < -0.4 is 5.32 Å². The van der Waals surface area contributed by atoms with Crippen LogP contribution in [0, 0.1) is 0 Å². The Hall–Kier alpha value is -4.12. The van der Waals surface area contributed by atoms with Crippen molar-refractivity contribution in [2.24, 2.45) is 9.98 Å². The first-order chi connectivity index (χ1) is 16.3. The number of hydrogen-bond donors (Lipinski definition) is 1. The van der Waals surface area contributed by atoms with Crippen molar-refractivity contribution in [3.8, 4) is 5.69 Å². The molecule has 0 spiro atoms. The first kappa shape index (κ1) is 21.7. The summed E-state index contributed by atoms with van der Waals surface area (Å²) in [5.41, 5.74) is -0.279. The molecule has 0 radical (unpaired) electrons. The number of rotatable bonds is 4. The molecule has 0 unspecified atom stereocenters. The molecule has 0 fully saturated rings. The number of aliphatic imine (C=N–C) groups is 2. The zero-order chi connectivity index (χ0) is 23.9. The normalized spacial score (nSPS) is 13.4. The van der Waals surface area contributed by atoms with Crippen LogP contribution in [0.3, 0.4) is 0 Å². The Morgan fingerprint density at radius 2 is 1.97 bits per heavy atom. The highest BCUT2D eigenvalue weighted by atomic mass is 35.5. The largest absolute Gasteiger partial charge is 0.434 e. The third-order valence-electron chi connectivity index (χ3n) is 5.01. The monoisotopic (exact) mass is 483 g/mol. The van der Waals surface area contributed by atoms with E-state index in [0.717, 1.165) is 6.20 Å². The second kappa shape index (κ2) is 8.34. The average molecular weight is 484 g/mol. The summed E-state index contributed by atoms with van der Waals surface area (Å²) >= 11 is 6.22. The van der Waals surface area contributed by atoms with Crippen LogP contribution >= 0.6 is 11.6 Å². The number of hydrogen-bond acceptors (Lipinski definition) is 6. The topological polar surface area (TPSA) is 97.4 Å². The number of carbonyl (C=O) groups excluding carboxylic acids is 1. The number of alkyl halides is 3. The summed E-state index contributed by atoms with van der Waals surface area (Å²) in [6.45, 7) is 0.267. The number of aromatic nitrogens is 4. The van der Waals surface area contributed by atoms with Crippen molar-refractivity contribution in [1.29, 1.82) is 0 Å². The number of benzene rings is 1. The molecule has 0 saturated heterocycles. The second-order valence-electron chi connectivity index (χ2n) is 7.17. The number of carbonyl (C=O) groups is 1. The van der Waals surface area contributed by atoms with Crippen molar-refractivity contribution in [3.63, 3.8) is 0 Å². The number of amides is 1. The van der Waals surface area contributed by atoms with E-state index >= 15 is 0 Å². The minimum atomic E-state index is -4.87. The molecule has 8 nitrogen and oxygen atoms in total. The van der Waals surface area contributed by atoms with Gasteiger partial charge in [-0.3, -0.25) is 24.7 Å². The quantitative estimate of drug-likeness (QED) is 0.459. The highest BCUT2D eigenvalue weighted by Crippen LogP contribution is 2.35. The average Bonchev–Trinajstić information content (AvgIpc) is 3.49. The lowest BCUT2D eigenvalue weighted by molar-refractivity contribution is -0.143. The van der Waals surface area contributed by atoms with Crippen LogP contribution in [0.25, 0.3) is 16.6 Å². The Morgan fingerprint density at radius 1 is 1.12 bits per heavy atom. The Labute approximate surface area is 194 Å². The molecule has 5 rings (SSSR count). The third kappa shape index (κ3) is 3.90. The van der Waals surface area contributed by atoms with Crippen LogP contribution in [0.2, 0.25) is 5.02 Å². The van der Waals surface area contributed by atoms with E-state index in [0.29, 0.717) is 27.0 Å². The van der Waals surface area contributed by atoms with Crippen LogP contribution in [-0.4, -0.2) is 44.3 Å². The molecule has 1 aliphatic heterocycles. The van der Waals surface area contributed by atoms with Gasteiger partial charge in [0.05, 0.1) is 46.1 Å². The Kier molecular flexibility index (Phi) is 5.33. The summed E-state index contributed by atoms with van der Waals surface area (Å²) in [5, 5.41) is 6.91. The first-order valence-corrected chi connectivity index (χ1v) is 10.2. The molecular weight excluding hydrogens is 471 g/mol. The van der Waals surface area contributed by atoms with Gasteiger partial charge < -0.3 is 5.32 Å². The Balaban J connectivity index is 1.52. The molecule has 1 aliphatic rings. The predicted octanol–water partition coefficient (Wildman–Crippen LogP) is 4.57. The maximum atomic E-state index is 14.1. The molecule has 4 heterocycles. The maximum Gasteiger partial charge on any atom is 0.434 e. The molecule has 4 aromatic rings. The van der Waals surface area contributed by atoms with Crippen molar-refractivity contribution in [3.05, 3.63) is 77.0 Å². The lowest BCUT2D eigenvalue weighted by Gasteiger charge is -2.14. The zero-order valence-electron chi connectivity index (χ0n) is 17.1. The maximum absolute atomic E-state index is 14.1. The molecule has 1 amide bonds. The fourth-order valence-corrected chi connectivity index (χ4v) is 3.82. The minimum Gasteiger partial charge on any atom is -0.320 e. The van der Waals surface area contributed by atoms with Crippen molar-refractivity contribution < 1.29 is 18.0 Å². The van der Waals surface area contributed by atoms with E-state index in [1.807, 2.05) is 0 Å². The van der Waals surface area contributed by atoms with E-state index < -0.39 is 23.3 Å². The lowest BCUT2D eigenvalue weighted by atomic mass is 10.1. The number of halogens is 4. The standard InChI is InChI=1S/C22H13ClF3N7O/c23-15-7-12(8-29-19(15)17-10-27-11-30-17)32-21(34)14-9-31-33(20(14)22(24,25)26)18-5-1-4-16-13(18)3-2-6-28-16/h1-10H,11H2,(H,32,34). The molecule has 0 aliphatic carbocycles. The van der Waals surface area contributed by atoms with Crippen LogP contribution in [0.5, 0.6) is 0 Å². The Bertz CT molecular complexity index is 1490. The Morgan fingerprint density at radius 3 is 2.71 bits per heavy atom. The fourth-order valence-electron chi connectivity index (χ4n) is 3.56. The number of nitrogens with zero attached hydrogens (tertiary/aromatic N) is 6. The predicted molar refractivity (Wildman–Crippen MR) is 121 cm³/mol. The third-order valence-corrected chi connectivity index (χ3v) is 5.30. The van der Waals surface area contributed by atoms with Gasteiger partial charge in [0.1, 0.15) is 18.1 Å². The molecule has 1 aromatic carbocycles. The van der Waals surface area contributed by atoms with Gasteiger partial charge in [-0.1, -0.05) is 17.7 Å². The number of anilines is 1. The van der Waals surface area contributed by atoms with Gasteiger partial charge in [-0.25, -0.2) is 4.68 Å². The molecule has 34 heavy (non-hydrogen) atoms. The SMILES string of the molecule is O=C(Nc1cnc(C2=NCN=C2)c(Cl)c1)c1cnn(-c2cccc3ncccc23)c1C(F)(F)F. The van der Waals surface area contributed by atoms with E-state index in [1.54, 1.807) is 24.3 Å². The van der Waals surface area contributed by atoms with E-state index in [9.17, 15) is 18.0 Å². The summed E-state index contributed by atoms with van der Waals surface area (Å²) in [5.74, 6) is -1.01. The van der Waals surface area contributed by atoms with Gasteiger partial charge in [0.2, 0.25) is 0 Å². The van der Waals surface area contributed by atoms with Crippen LogP contribution in [0.4, 0.5) is 18.9 Å². The molecule has 1 N–H and O–H groups in total. The molecule has 12 heteroatoms. The summed E-state index contributed by atoms with van der Waals surface area (Å²) in [6.07, 6.45) is 0.337. The molecule has 3 aromatic heterocycles. The van der Waals surface area contributed by atoms with Gasteiger partial charge in [0.15, 0.2) is 5.69 Å². The fraction of sp³-hybridized carbons (Fsp3) is 0.0909. The molecule has 170 valence electrons. The molecule has 0 saturated carbocycles. The number of pyridine rings is 2. The van der Waals surface area contributed by atoms with Gasteiger partial charge in [0.25, 0.3) is 5.91 Å². The van der Waals surface area contributed by atoms with Crippen LogP contribution in [0.1, 0.15) is 21.7 Å². The number of fused-ring (bicyclic) bond motifs is 1. The van der Waals surface area contributed by atoms with Gasteiger partial charge in [-0.15, -0.1) is 0 Å². The molecule has 0 bridgehead atoms. The van der Waals surface area contributed by atoms with Gasteiger partial charge in [-0.05, 0) is 30.3 Å². The summed E-state index contributed by atoms with van der Waals surface area (Å²) in [7, 11) is 0.